The average Bonchev–Trinajstić information content (AvgIpc) is 2.63. The number of hydrogen-bond donors (Lipinski definition) is 2. The third kappa shape index (κ3) is 4.91. The van der Waals surface area contributed by atoms with Crippen LogP contribution in [0.5, 0.6) is 0 Å². The van der Waals surface area contributed by atoms with Gasteiger partial charge in [-0.2, -0.15) is 13.0 Å². The smallest absolute Gasteiger partial charge is 0.265 e. The molecule has 3 rings (SSSR count). The van der Waals surface area contributed by atoms with Crippen molar-refractivity contribution < 1.29 is 17.5 Å². The molecule has 0 atom stereocenters. The van der Waals surface area contributed by atoms with Crippen LogP contribution >= 0.6 is 0 Å². The van der Waals surface area contributed by atoms with Gasteiger partial charge in [0.05, 0.1) is 11.1 Å². The van der Waals surface area contributed by atoms with Crippen LogP contribution in [-0.2, 0) is 16.7 Å². The van der Waals surface area contributed by atoms with Crippen molar-refractivity contribution >= 4 is 32.8 Å². The number of nitrogens with zero attached hydrogens (tertiary/aromatic N) is 1. The lowest BCUT2D eigenvalue weighted by Gasteiger charge is -2.05. The van der Waals surface area contributed by atoms with Crippen LogP contribution in [-0.4, -0.2) is 18.7 Å². The molecule has 0 saturated heterocycles. The van der Waals surface area contributed by atoms with Crippen molar-refractivity contribution in [3.63, 3.8) is 0 Å². The van der Waals surface area contributed by atoms with Gasteiger partial charge in [0, 0.05) is 30.4 Å². The molecule has 2 N–H and O–H groups in total. The minimum atomic E-state index is -3.93. The lowest BCUT2D eigenvalue weighted by Crippen LogP contribution is -2.35. The molecule has 134 valence electrons. The van der Waals surface area contributed by atoms with Crippen molar-refractivity contribution in [3.8, 4) is 0 Å². The quantitative estimate of drug-likeness (QED) is 0.494. The van der Waals surface area contributed by atoms with Crippen LogP contribution in [0, 0.1) is 0 Å². The molecular formula is C20H21N2O3S+. The standard InChI is InChI=1S/C20H20N2O3S/c23-26(24,25)16-6-14-22-15-12-17(19-9-4-5-10-20(19)22)11-13-21-18-7-2-1-3-8-18/h1-5,7-13,15H,6,14,16H2,(H,23,24,25)/p+1. The number of hydrogen-bond acceptors (Lipinski definition) is 3. The van der Waals surface area contributed by atoms with Crippen LogP contribution in [0.1, 0.15) is 12.0 Å². The summed E-state index contributed by atoms with van der Waals surface area (Å²) in [4.78, 5) is 0. The van der Waals surface area contributed by atoms with Crippen LogP contribution in [0.4, 0.5) is 5.69 Å². The van der Waals surface area contributed by atoms with Gasteiger partial charge < -0.3 is 5.32 Å². The Labute approximate surface area is 153 Å². The second-order valence-electron chi connectivity index (χ2n) is 5.96. The van der Waals surface area contributed by atoms with Crippen molar-refractivity contribution in [1.82, 2.24) is 0 Å². The molecule has 3 aromatic rings. The molecule has 0 aliphatic carbocycles. The van der Waals surface area contributed by atoms with Crippen molar-refractivity contribution in [1.29, 1.82) is 0 Å². The number of benzene rings is 2. The lowest BCUT2D eigenvalue weighted by atomic mass is 10.1. The van der Waals surface area contributed by atoms with Gasteiger partial charge in [-0.3, -0.25) is 4.55 Å². The fourth-order valence-corrected chi connectivity index (χ4v) is 3.32. The zero-order valence-electron chi connectivity index (χ0n) is 14.2. The van der Waals surface area contributed by atoms with E-state index in [4.69, 9.17) is 4.55 Å². The summed E-state index contributed by atoms with van der Waals surface area (Å²) in [6.07, 6.45) is 6.21. The lowest BCUT2D eigenvalue weighted by molar-refractivity contribution is -0.671. The molecule has 0 aliphatic rings. The van der Waals surface area contributed by atoms with Gasteiger partial charge in [0.15, 0.2) is 6.20 Å². The Kier molecular flexibility index (Phi) is 5.65. The normalized spacial score (nSPS) is 11.9. The highest BCUT2D eigenvalue weighted by atomic mass is 32.2. The molecule has 0 unspecified atom stereocenters. The van der Waals surface area contributed by atoms with Gasteiger partial charge in [0.25, 0.3) is 10.1 Å². The molecule has 1 heterocycles. The summed E-state index contributed by atoms with van der Waals surface area (Å²) in [6, 6.07) is 19.9. The first-order valence-electron chi connectivity index (χ1n) is 8.37. The van der Waals surface area contributed by atoms with E-state index in [-0.39, 0.29) is 5.75 Å². The Bertz CT molecular complexity index is 1020. The van der Waals surface area contributed by atoms with E-state index in [9.17, 15) is 8.42 Å². The van der Waals surface area contributed by atoms with E-state index in [1.165, 1.54) is 0 Å². The summed E-state index contributed by atoms with van der Waals surface area (Å²) < 4.78 is 32.7. The highest BCUT2D eigenvalue weighted by Gasteiger charge is 2.12. The zero-order chi connectivity index (χ0) is 18.4. The molecule has 5 nitrogen and oxygen atoms in total. The third-order valence-corrected chi connectivity index (χ3v) is 4.85. The molecule has 2 aromatic carbocycles. The third-order valence-electron chi connectivity index (χ3n) is 4.05. The van der Waals surface area contributed by atoms with Crippen LogP contribution in [0.2, 0.25) is 0 Å². The van der Waals surface area contributed by atoms with E-state index >= 15 is 0 Å². The van der Waals surface area contributed by atoms with Gasteiger partial charge in [-0.15, -0.1) is 0 Å². The van der Waals surface area contributed by atoms with Gasteiger partial charge >= 0.3 is 0 Å². The predicted octanol–water partition coefficient (Wildman–Crippen LogP) is 3.49. The Balaban J connectivity index is 1.81. The van der Waals surface area contributed by atoms with Gasteiger partial charge in [0.1, 0.15) is 6.54 Å². The number of pyridine rings is 1. The molecular weight excluding hydrogens is 348 g/mol. The van der Waals surface area contributed by atoms with E-state index in [1.807, 2.05) is 83.7 Å². The van der Waals surface area contributed by atoms with Gasteiger partial charge in [-0.05, 0) is 29.8 Å². The van der Waals surface area contributed by atoms with Crippen LogP contribution < -0.4 is 9.88 Å². The maximum Gasteiger partial charge on any atom is 0.265 e. The molecule has 0 spiro atoms. The van der Waals surface area contributed by atoms with Crippen molar-refractivity contribution in [2.45, 2.75) is 13.0 Å². The monoisotopic (exact) mass is 369 g/mol. The second-order valence-corrected chi connectivity index (χ2v) is 7.54. The van der Waals surface area contributed by atoms with Crippen molar-refractivity contribution in [2.24, 2.45) is 0 Å². The number of nitrogens with one attached hydrogen (secondary N) is 1. The number of anilines is 1. The maximum atomic E-state index is 10.9. The number of aryl methyl sites for hydroxylation is 1. The fourth-order valence-electron chi connectivity index (χ4n) is 2.83. The predicted molar refractivity (Wildman–Crippen MR) is 104 cm³/mol. The summed E-state index contributed by atoms with van der Waals surface area (Å²) in [5.41, 5.74) is 3.10. The Morgan fingerprint density at radius 1 is 1.00 bits per heavy atom. The van der Waals surface area contributed by atoms with E-state index < -0.39 is 10.1 Å². The molecule has 0 fully saturated rings. The molecule has 26 heavy (non-hydrogen) atoms. The first-order chi connectivity index (χ1) is 12.5. The molecule has 0 saturated carbocycles. The summed E-state index contributed by atoms with van der Waals surface area (Å²) in [5, 5.41) is 4.32. The number of fused-ring (bicyclic) bond motifs is 1. The Hall–Kier alpha value is -2.70. The minimum Gasteiger partial charge on any atom is -0.362 e. The van der Waals surface area contributed by atoms with Gasteiger partial charge in [-0.25, -0.2) is 0 Å². The minimum absolute atomic E-state index is 0.239. The van der Waals surface area contributed by atoms with Crippen molar-refractivity contribution in [2.75, 3.05) is 11.1 Å². The van der Waals surface area contributed by atoms with Crippen molar-refractivity contribution in [3.05, 3.63) is 78.6 Å². The number of rotatable bonds is 7. The summed E-state index contributed by atoms with van der Waals surface area (Å²) in [7, 11) is -3.93. The first-order valence-corrected chi connectivity index (χ1v) is 9.98. The van der Waals surface area contributed by atoms with Crippen LogP contribution in [0.3, 0.4) is 0 Å². The Morgan fingerprint density at radius 2 is 1.73 bits per heavy atom. The second kappa shape index (κ2) is 8.12. The molecule has 6 heteroatoms. The number of para-hydroxylation sites is 2. The Morgan fingerprint density at radius 3 is 2.50 bits per heavy atom. The first kappa shape index (κ1) is 18.1. The van der Waals surface area contributed by atoms with Crippen LogP contribution in [0.25, 0.3) is 17.0 Å². The SMILES string of the molecule is O=S(=O)(O)CCC[n+]1ccc(/C=C/Nc2ccccc2)c2ccccc21. The molecule has 0 aliphatic heterocycles. The highest BCUT2D eigenvalue weighted by Crippen LogP contribution is 2.17. The largest absolute Gasteiger partial charge is 0.362 e. The van der Waals surface area contributed by atoms with E-state index in [0.717, 1.165) is 22.2 Å². The van der Waals surface area contributed by atoms with Crippen LogP contribution in [0.15, 0.2) is 73.1 Å². The summed E-state index contributed by atoms with van der Waals surface area (Å²) in [6.45, 7) is 0.520. The molecule has 1 aromatic heterocycles. The zero-order valence-corrected chi connectivity index (χ0v) is 15.1. The summed E-state index contributed by atoms with van der Waals surface area (Å²) in [5.74, 6) is -0.239. The maximum absolute atomic E-state index is 10.9. The molecule has 0 amide bonds. The van der Waals surface area contributed by atoms with E-state index in [2.05, 4.69) is 5.32 Å². The van der Waals surface area contributed by atoms with Gasteiger partial charge in [0.2, 0.25) is 5.52 Å². The fraction of sp³-hybridized carbons (Fsp3) is 0.150. The number of aromatic nitrogens is 1. The summed E-state index contributed by atoms with van der Waals surface area (Å²) >= 11 is 0. The molecule has 0 bridgehead atoms. The highest BCUT2D eigenvalue weighted by molar-refractivity contribution is 7.85. The van der Waals surface area contributed by atoms with Gasteiger partial charge in [-0.1, -0.05) is 30.3 Å². The molecule has 0 radical (unpaired) electrons. The average molecular weight is 369 g/mol. The van der Waals surface area contributed by atoms with E-state index in [0.29, 0.717) is 13.0 Å². The topological polar surface area (TPSA) is 70.3 Å². The van der Waals surface area contributed by atoms with E-state index in [1.54, 1.807) is 0 Å².